The molecule has 15 nitrogen and oxygen atoms in total. The number of piperazine rings is 1. The number of amides is 2. The lowest BCUT2D eigenvalue weighted by Crippen LogP contribution is -2.49. The van der Waals surface area contributed by atoms with Gasteiger partial charge in [0.25, 0.3) is 5.56 Å². The quantitative estimate of drug-likeness (QED) is 0.107. The molecule has 3 aliphatic heterocycles. The van der Waals surface area contributed by atoms with Gasteiger partial charge in [-0.3, -0.25) is 24.6 Å². The maximum atomic E-state index is 15.3. The van der Waals surface area contributed by atoms with Gasteiger partial charge in [0.05, 0.1) is 17.9 Å². The molecule has 3 aromatic heterocycles. The number of carbonyl (C=O) groups is 2. The van der Waals surface area contributed by atoms with E-state index < -0.39 is 11.6 Å². The molecule has 5 aromatic rings. The number of hydrogen-bond donors (Lipinski definition) is 4. The van der Waals surface area contributed by atoms with E-state index in [2.05, 4.69) is 61.3 Å². The van der Waals surface area contributed by atoms with Gasteiger partial charge in [0.2, 0.25) is 17.8 Å². The van der Waals surface area contributed by atoms with Gasteiger partial charge in [0.15, 0.2) is 11.5 Å². The summed E-state index contributed by atoms with van der Waals surface area (Å²) in [5.41, 5.74) is 5.00. The molecule has 4 aliphatic rings. The molecule has 0 radical (unpaired) electrons. The number of aryl methyl sites for hydroxylation is 2. The third kappa shape index (κ3) is 8.09. The van der Waals surface area contributed by atoms with E-state index in [0.717, 1.165) is 81.9 Å². The summed E-state index contributed by atoms with van der Waals surface area (Å²) in [6.07, 6.45) is 7.37. The second-order valence-electron chi connectivity index (χ2n) is 17.0. The van der Waals surface area contributed by atoms with Crippen molar-refractivity contribution in [3.8, 4) is 5.82 Å². The molecule has 1 aliphatic carbocycles. The number of rotatable bonds is 11. The van der Waals surface area contributed by atoms with Gasteiger partial charge in [0, 0.05) is 75.5 Å². The minimum atomic E-state index is -1.04. The summed E-state index contributed by atoms with van der Waals surface area (Å²) in [5, 5.41) is 20.1. The van der Waals surface area contributed by atoms with Crippen molar-refractivity contribution < 1.29 is 19.1 Å². The lowest BCUT2D eigenvalue weighted by Gasteiger charge is -2.40. The summed E-state index contributed by atoms with van der Waals surface area (Å²) in [6, 6.07) is 14.6. The van der Waals surface area contributed by atoms with Gasteiger partial charge < -0.3 is 25.5 Å². The number of aromatic nitrogens is 5. The second kappa shape index (κ2) is 16.4. The van der Waals surface area contributed by atoms with Gasteiger partial charge in [-0.1, -0.05) is 12.1 Å². The fraction of sp³-hybridized carbons (Fsp3) is 0.422. The van der Waals surface area contributed by atoms with E-state index in [4.69, 9.17) is 9.97 Å². The molecule has 9 rings (SSSR count). The normalized spacial score (nSPS) is 21.1. The predicted octanol–water partition coefficient (Wildman–Crippen LogP) is 4.76. The smallest absolute Gasteiger partial charge is 0.278 e. The summed E-state index contributed by atoms with van der Waals surface area (Å²) in [4.78, 5) is 58.3. The van der Waals surface area contributed by atoms with Crippen molar-refractivity contribution in [2.45, 2.75) is 70.6 Å². The number of imide groups is 1. The molecular weight excluding hydrogens is 778 g/mol. The Kier molecular flexibility index (Phi) is 10.8. The maximum Gasteiger partial charge on any atom is 0.278 e. The number of nitrogens with zero attached hydrogens (tertiary/aromatic N) is 8. The molecule has 0 bridgehead atoms. The number of fused-ring (bicyclic) bond motifs is 2. The fourth-order valence-electron chi connectivity index (χ4n) is 9.36. The first-order chi connectivity index (χ1) is 29.4. The first-order valence-corrected chi connectivity index (χ1v) is 21.3. The van der Waals surface area contributed by atoms with Crippen LogP contribution in [0.1, 0.15) is 55.8 Å². The Bertz CT molecular complexity index is 2570. The van der Waals surface area contributed by atoms with Crippen LogP contribution in [0.15, 0.2) is 72.2 Å². The first-order valence-electron chi connectivity index (χ1n) is 21.3. The number of carbonyl (C=O) groups excluding carboxylic acids is 2. The summed E-state index contributed by atoms with van der Waals surface area (Å²) >= 11 is 0. The van der Waals surface area contributed by atoms with Crippen LogP contribution in [0, 0.1) is 18.7 Å². The Morgan fingerprint density at radius 2 is 1.69 bits per heavy atom. The highest BCUT2D eigenvalue weighted by Gasteiger charge is 2.35. The molecule has 6 heterocycles. The molecule has 2 atom stereocenters. The number of benzene rings is 2. The van der Waals surface area contributed by atoms with E-state index in [1.54, 1.807) is 36.0 Å². The molecule has 1 unspecified atom stereocenters. The topological polar surface area (TPSA) is 166 Å². The SMILES string of the molecule is C=CCn1c(=O)c2cnc(Nc3ccc(N4CCC(CN5CCN(c6ccc(NC7CCC(=O)NC7=O)cc6F)CC5)CC4)c(C)c3)nc2n1-c1ccc2c(n1)[C@@](C)(O)CC2. The Balaban J connectivity index is 0.796. The number of nitrogens with one attached hydrogen (secondary N) is 3. The molecule has 4 N–H and O–H groups in total. The monoisotopic (exact) mass is 829 g/mol. The molecule has 61 heavy (non-hydrogen) atoms. The number of anilines is 5. The summed E-state index contributed by atoms with van der Waals surface area (Å²) in [6.45, 7) is 14.2. The van der Waals surface area contributed by atoms with Crippen molar-refractivity contribution in [2.75, 3.05) is 66.2 Å². The molecule has 318 valence electrons. The van der Waals surface area contributed by atoms with Crippen LogP contribution in [-0.2, 0) is 28.2 Å². The second-order valence-corrected chi connectivity index (χ2v) is 17.0. The van der Waals surface area contributed by atoms with Crippen molar-refractivity contribution >= 4 is 51.5 Å². The Labute approximate surface area is 353 Å². The number of hydrogen-bond acceptors (Lipinski definition) is 12. The van der Waals surface area contributed by atoms with Crippen LogP contribution in [0.5, 0.6) is 0 Å². The molecule has 0 saturated carbocycles. The highest BCUT2D eigenvalue weighted by atomic mass is 19.1. The third-order valence-electron chi connectivity index (χ3n) is 12.7. The summed E-state index contributed by atoms with van der Waals surface area (Å²) in [5.74, 6) is 0.446. The zero-order valence-corrected chi connectivity index (χ0v) is 34.7. The van der Waals surface area contributed by atoms with Crippen LogP contribution in [-0.4, -0.2) is 98.0 Å². The Hall–Kier alpha value is -6.13. The zero-order chi connectivity index (χ0) is 42.4. The average Bonchev–Trinajstić information content (AvgIpc) is 3.70. The van der Waals surface area contributed by atoms with Gasteiger partial charge in [-0.15, -0.1) is 6.58 Å². The highest BCUT2D eigenvalue weighted by molar-refractivity contribution is 6.01. The highest BCUT2D eigenvalue weighted by Crippen LogP contribution is 2.36. The lowest BCUT2D eigenvalue weighted by atomic mass is 9.95. The van der Waals surface area contributed by atoms with Gasteiger partial charge in [-0.25, -0.2) is 23.7 Å². The van der Waals surface area contributed by atoms with Crippen LogP contribution in [0.2, 0.25) is 0 Å². The minimum absolute atomic E-state index is 0.247. The number of halogens is 1. The number of pyridine rings is 1. The van der Waals surface area contributed by atoms with Crippen molar-refractivity contribution in [1.82, 2.24) is 34.5 Å². The van der Waals surface area contributed by atoms with Crippen LogP contribution in [0.3, 0.4) is 0 Å². The Morgan fingerprint density at radius 3 is 2.43 bits per heavy atom. The van der Waals surface area contributed by atoms with E-state index in [1.807, 2.05) is 18.2 Å². The van der Waals surface area contributed by atoms with Crippen LogP contribution < -0.4 is 31.3 Å². The van der Waals surface area contributed by atoms with Crippen LogP contribution in [0.4, 0.5) is 33.1 Å². The molecular formula is C45H52FN11O4. The molecule has 2 amide bonds. The zero-order valence-electron chi connectivity index (χ0n) is 34.7. The van der Waals surface area contributed by atoms with Crippen LogP contribution >= 0.6 is 0 Å². The molecule has 16 heteroatoms. The van der Waals surface area contributed by atoms with E-state index in [-0.39, 0.29) is 36.2 Å². The van der Waals surface area contributed by atoms with Crippen molar-refractivity contribution in [3.63, 3.8) is 0 Å². The van der Waals surface area contributed by atoms with Gasteiger partial charge >= 0.3 is 0 Å². The minimum Gasteiger partial charge on any atom is -0.384 e. The van der Waals surface area contributed by atoms with E-state index >= 15 is 4.39 Å². The molecule has 3 fully saturated rings. The molecule has 2 aromatic carbocycles. The summed E-state index contributed by atoms with van der Waals surface area (Å²) in [7, 11) is 0. The van der Waals surface area contributed by atoms with Gasteiger partial charge in [-0.05, 0) is 105 Å². The van der Waals surface area contributed by atoms with Crippen molar-refractivity contribution in [3.05, 3.63) is 100 Å². The van der Waals surface area contributed by atoms with E-state index in [1.165, 1.54) is 16.4 Å². The lowest BCUT2D eigenvalue weighted by molar-refractivity contribution is -0.133. The van der Waals surface area contributed by atoms with Crippen molar-refractivity contribution in [1.29, 1.82) is 0 Å². The standard InChI is InChI=1S/C45H52FN11O4/c1-4-17-56-43(60)33-26-47-44(52-41(33)57(56)38-11-5-30-13-16-45(3,61)40(30)50-38)49-31-6-9-36(28(2)24-31)54-18-14-29(15-19-54)27-53-20-22-55(23-21-53)37-10-7-32(25-34(37)46)48-35-8-12-39(58)51-42(35)59/h4-7,9-11,24-26,29,35,48,61H,1,8,12-23,27H2,2-3H3,(H,47,49,52)(H,51,58,59)/t35?,45-/m0/s1. The maximum absolute atomic E-state index is 15.3. The first kappa shape index (κ1) is 40.3. The third-order valence-corrected chi connectivity index (χ3v) is 12.7. The van der Waals surface area contributed by atoms with Gasteiger partial charge in [0.1, 0.15) is 22.8 Å². The predicted molar refractivity (Wildman–Crippen MR) is 233 cm³/mol. The molecule has 0 spiro atoms. The van der Waals surface area contributed by atoms with Gasteiger partial charge in [-0.2, -0.15) is 4.98 Å². The number of allylic oxidation sites excluding steroid dienone is 1. The summed E-state index contributed by atoms with van der Waals surface area (Å²) < 4.78 is 18.5. The van der Waals surface area contributed by atoms with Crippen LogP contribution in [0.25, 0.3) is 16.9 Å². The largest absolute Gasteiger partial charge is 0.384 e. The Morgan fingerprint density at radius 1 is 0.934 bits per heavy atom. The fourth-order valence-corrected chi connectivity index (χ4v) is 9.36. The average molecular weight is 830 g/mol. The number of piperidine rings is 2. The number of aliphatic hydroxyl groups is 1. The van der Waals surface area contributed by atoms with E-state index in [9.17, 15) is 19.5 Å². The van der Waals surface area contributed by atoms with E-state index in [0.29, 0.717) is 58.6 Å². The molecule has 3 saturated heterocycles. The van der Waals surface area contributed by atoms with Crippen molar-refractivity contribution in [2.24, 2.45) is 5.92 Å².